The third kappa shape index (κ3) is 6.25. The predicted octanol–water partition coefficient (Wildman–Crippen LogP) is 4.66. The van der Waals surface area contributed by atoms with Crippen LogP contribution in [0, 0.1) is 0 Å². The lowest BCUT2D eigenvalue weighted by atomic mass is 10.1. The van der Waals surface area contributed by atoms with E-state index in [0.717, 1.165) is 0 Å². The Kier molecular flexibility index (Phi) is 6.33. The van der Waals surface area contributed by atoms with Crippen LogP contribution in [0.2, 0.25) is 5.02 Å². The summed E-state index contributed by atoms with van der Waals surface area (Å²) in [7, 11) is 1.25. The van der Waals surface area contributed by atoms with Gasteiger partial charge >= 0.3 is 12.1 Å². The van der Waals surface area contributed by atoms with Crippen molar-refractivity contribution in [3.63, 3.8) is 0 Å². The van der Waals surface area contributed by atoms with Gasteiger partial charge in [-0.05, 0) is 38.0 Å². The zero-order chi connectivity index (χ0) is 16.0. The van der Waals surface area contributed by atoms with Gasteiger partial charge in [0.15, 0.2) is 0 Å². The lowest BCUT2D eigenvalue weighted by Crippen LogP contribution is -2.17. The highest BCUT2D eigenvalue weighted by atomic mass is 35.5. The first-order valence-corrected chi connectivity index (χ1v) is 6.82. The molecule has 1 aromatic rings. The first-order valence-electron chi connectivity index (χ1n) is 6.44. The number of nitrogens with one attached hydrogen (secondary N) is 1. The Morgan fingerprint density at radius 2 is 2.10 bits per heavy atom. The number of benzene rings is 1. The van der Waals surface area contributed by atoms with Gasteiger partial charge in [0.05, 0.1) is 17.7 Å². The van der Waals surface area contributed by atoms with Gasteiger partial charge in [0.25, 0.3) is 0 Å². The number of rotatable bonds is 6. The SMILES string of the molecule is COC(=O)c1cc(NC(C)CCCC(F)(F)F)ccc1Cl. The molecular weight excluding hydrogens is 307 g/mol. The van der Waals surface area contributed by atoms with Crippen LogP contribution in [-0.2, 0) is 4.74 Å². The highest BCUT2D eigenvalue weighted by Crippen LogP contribution is 2.25. The molecule has 0 saturated carbocycles. The molecule has 0 amide bonds. The Bertz CT molecular complexity index is 492. The molecule has 0 aliphatic heterocycles. The summed E-state index contributed by atoms with van der Waals surface area (Å²) < 4.78 is 40.8. The number of anilines is 1. The van der Waals surface area contributed by atoms with E-state index < -0.39 is 18.6 Å². The zero-order valence-electron chi connectivity index (χ0n) is 11.8. The van der Waals surface area contributed by atoms with Crippen LogP contribution in [0.5, 0.6) is 0 Å². The monoisotopic (exact) mass is 323 g/mol. The first kappa shape index (κ1) is 17.6. The van der Waals surface area contributed by atoms with Crippen LogP contribution in [0.25, 0.3) is 0 Å². The van der Waals surface area contributed by atoms with Crippen LogP contribution >= 0.6 is 11.6 Å². The van der Waals surface area contributed by atoms with Crippen LogP contribution in [-0.4, -0.2) is 25.3 Å². The molecule has 7 heteroatoms. The number of halogens is 4. The molecule has 0 aromatic heterocycles. The topological polar surface area (TPSA) is 38.3 Å². The highest BCUT2D eigenvalue weighted by molar-refractivity contribution is 6.33. The third-order valence-electron chi connectivity index (χ3n) is 2.88. The number of carbonyl (C=O) groups is 1. The molecule has 1 N–H and O–H groups in total. The maximum absolute atomic E-state index is 12.1. The fraction of sp³-hybridized carbons (Fsp3) is 0.500. The second-order valence-electron chi connectivity index (χ2n) is 4.74. The van der Waals surface area contributed by atoms with E-state index in [4.69, 9.17) is 11.6 Å². The predicted molar refractivity (Wildman–Crippen MR) is 75.8 cm³/mol. The fourth-order valence-electron chi connectivity index (χ4n) is 1.85. The lowest BCUT2D eigenvalue weighted by molar-refractivity contribution is -0.135. The second-order valence-corrected chi connectivity index (χ2v) is 5.15. The second kappa shape index (κ2) is 7.54. The molecule has 3 nitrogen and oxygen atoms in total. The minimum Gasteiger partial charge on any atom is -0.465 e. The van der Waals surface area contributed by atoms with Gasteiger partial charge in [-0.15, -0.1) is 0 Å². The van der Waals surface area contributed by atoms with Crippen molar-refractivity contribution in [1.82, 2.24) is 0 Å². The van der Waals surface area contributed by atoms with Crippen molar-refractivity contribution in [2.45, 2.75) is 38.4 Å². The molecule has 0 bridgehead atoms. The third-order valence-corrected chi connectivity index (χ3v) is 3.21. The maximum atomic E-state index is 12.1. The van der Waals surface area contributed by atoms with Crippen LogP contribution < -0.4 is 5.32 Å². The molecule has 0 fully saturated rings. The number of alkyl halides is 3. The van der Waals surface area contributed by atoms with E-state index in [2.05, 4.69) is 10.1 Å². The Labute approximate surface area is 126 Å². The molecule has 0 heterocycles. The number of methoxy groups -OCH3 is 1. The highest BCUT2D eigenvalue weighted by Gasteiger charge is 2.26. The summed E-state index contributed by atoms with van der Waals surface area (Å²) in [4.78, 5) is 11.5. The number of ether oxygens (including phenoxy) is 1. The van der Waals surface area contributed by atoms with Gasteiger partial charge in [-0.25, -0.2) is 4.79 Å². The van der Waals surface area contributed by atoms with Crippen molar-refractivity contribution in [3.8, 4) is 0 Å². The molecule has 0 saturated heterocycles. The lowest BCUT2D eigenvalue weighted by Gasteiger charge is -2.16. The number of hydrogen-bond donors (Lipinski definition) is 1. The Hall–Kier alpha value is -1.43. The number of esters is 1. The van der Waals surface area contributed by atoms with Crippen molar-refractivity contribution in [2.24, 2.45) is 0 Å². The van der Waals surface area contributed by atoms with E-state index in [1.807, 2.05) is 0 Å². The van der Waals surface area contributed by atoms with Gasteiger partial charge in [-0.1, -0.05) is 11.6 Å². The minimum atomic E-state index is -4.13. The van der Waals surface area contributed by atoms with Gasteiger partial charge in [0.2, 0.25) is 0 Å². The first-order chi connectivity index (χ1) is 9.73. The van der Waals surface area contributed by atoms with E-state index in [1.165, 1.54) is 13.2 Å². The molecular formula is C14H17ClF3NO2. The van der Waals surface area contributed by atoms with Gasteiger partial charge in [-0.2, -0.15) is 13.2 Å². The smallest absolute Gasteiger partial charge is 0.389 e. The molecule has 118 valence electrons. The molecule has 21 heavy (non-hydrogen) atoms. The van der Waals surface area contributed by atoms with Crippen molar-refractivity contribution in [3.05, 3.63) is 28.8 Å². The van der Waals surface area contributed by atoms with Crippen molar-refractivity contribution >= 4 is 23.3 Å². The van der Waals surface area contributed by atoms with Crippen LogP contribution in [0.3, 0.4) is 0 Å². The van der Waals surface area contributed by atoms with Gasteiger partial charge in [-0.3, -0.25) is 0 Å². The molecule has 1 aromatic carbocycles. The quantitative estimate of drug-likeness (QED) is 0.774. The normalized spacial score (nSPS) is 12.9. The molecule has 1 atom stereocenters. The molecule has 0 radical (unpaired) electrons. The van der Waals surface area contributed by atoms with E-state index in [0.29, 0.717) is 12.1 Å². The average molecular weight is 324 g/mol. The fourth-order valence-corrected chi connectivity index (χ4v) is 2.04. The average Bonchev–Trinajstić information content (AvgIpc) is 2.38. The van der Waals surface area contributed by atoms with E-state index in [1.54, 1.807) is 19.1 Å². The van der Waals surface area contributed by atoms with Gasteiger partial charge in [0.1, 0.15) is 0 Å². The van der Waals surface area contributed by atoms with Crippen molar-refractivity contribution in [1.29, 1.82) is 0 Å². The summed E-state index contributed by atoms with van der Waals surface area (Å²) in [6.45, 7) is 1.78. The Morgan fingerprint density at radius 1 is 1.43 bits per heavy atom. The summed E-state index contributed by atoms with van der Waals surface area (Å²) in [6, 6.07) is 4.57. The maximum Gasteiger partial charge on any atom is 0.389 e. The Balaban J connectivity index is 2.60. The molecule has 1 rings (SSSR count). The molecule has 0 aliphatic rings. The summed E-state index contributed by atoms with van der Waals surface area (Å²) in [5, 5.41) is 3.30. The largest absolute Gasteiger partial charge is 0.465 e. The van der Waals surface area contributed by atoms with E-state index >= 15 is 0 Å². The molecule has 0 spiro atoms. The minimum absolute atomic E-state index is 0.0507. The summed E-state index contributed by atoms with van der Waals surface area (Å²) in [6.07, 6.45) is -4.50. The number of hydrogen-bond acceptors (Lipinski definition) is 3. The molecule has 1 unspecified atom stereocenters. The summed E-state index contributed by atoms with van der Waals surface area (Å²) >= 11 is 5.89. The summed E-state index contributed by atoms with van der Waals surface area (Å²) in [5.74, 6) is -0.562. The zero-order valence-corrected chi connectivity index (χ0v) is 12.5. The van der Waals surface area contributed by atoms with Crippen molar-refractivity contribution in [2.75, 3.05) is 12.4 Å². The Morgan fingerprint density at radius 3 is 2.67 bits per heavy atom. The number of carbonyl (C=O) groups excluding carboxylic acids is 1. The molecule has 0 aliphatic carbocycles. The van der Waals surface area contributed by atoms with Crippen LogP contribution in [0.15, 0.2) is 18.2 Å². The van der Waals surface area contributed by atoms with E-state index in [-0.39, 0.29) is 23.0 Å². The standard InChI is InChI=1S/C14H17ClF3NO2/c1-9(4-3-7-14(16,17)18)19-10-5-6-12(15)11(8-10)13(20)21-2/h5-6,8-9,19H,3-4,7H2,1-2H3. The van der Waals surface area contributed by atoms with Gasteiger partial charge < -0.3 is 10.1 Å². The van der Waals surface area contributed by atoms with Gasteiger partial charge in [0, 0.05) is 18.2 Å². The van der Waals surface area contributed by atoms with Crippen LogP contribution in [0.1, 0.15) is 36.5 Å². The summed E-state index contributed by atoms with van der Waals surface area (Å²) in [5.41, 5.74) is 0.825. The van der Waals surface area contributed by atoms with Crippen molar-refractivity contribution < 1.29 is 22.7 Å². The van der Waals surface area contributed by atoms with Crippen LogP contribution in [0.4, 0.5) is 18.9 Å². The van der Waals surface area contributed by atoms with E-state index in [9.17, 15) is 18.0 Å².